The largest absolute Gasteiger partial charge is 0.310 e. The molecule has 2 aliphatic carbocycles. The highest BCUT2D eigenvalue weighted by Gasteiger charge is 2.52. The fraction of sp³-hybridized carbons (Fsp3) is 0.0164. The number of rotatable bonds is 6. The van der Waals surface area contributed by atoms with Crippen molar-refractivity contribution < 1.29 is 0 Å². The molecule has 2 nitrogen and oxygen atoms in total. The molecule has 0 radical (unpaired) electrons. The lowest BCUT2D eigenvalue weighted by Gasteiger charge is -2.32. The van der Waals surface area contributed by atoms with E-state index in [-0.39, 0.29) is 0 Å². The lowest BCUT2D eigenvalue weighted by molar-refractivity contribution is 0.794. The number of anilines is 3. The van der Waals surface area contributed by atoms with Gasteiger partial charge in [-0.25, -0.2) is 0 Å². The summed E-state index contributed by atoms with van der Waals surface area (Å²) in [6.45, 7) is 0. The number of aromatic nitrogens is 1. The first kappa shape index (κ1) is 35.5. The van der Waals surface area contributed by atoms with E-state index in [0.29, 0.717) is 0 Å². The third kappa shape index (κ3) is 5.19. The maximum atomic E-state index is 2.49. The van der Waals surface area contributed by atoms with Crippen LogP contribution in [0, 0.1) is 0 Å². The molecule has 63 heavy (non-hydrogen) atoms. The molecule has 0 unspecified atom stereocenters. The van der Waals surface area contributed by atoms with E-state index in [9.17, 15) is 0 Å². The fourth-order valence-electron chi connectivity index (χ4n) is 11.0. The second kappa shape index (κ2) is 13.9. The van der Waals surface area contributed by atoms with Crippen LogP contribution in [0.4, 0.5) is 17.1 Å². The molecule has 1 heterocycles. The van der Waals surface area contributed by atoms with Crippen LogP contribution in [0.3, 0.4) is 0 Å². The quantitative estimate of drug-likeness (QED) is 0.163. The Balaban J connectivity index is 1.03. The highest BCUT2D eigenvalue weighted by atomic mass is 15.1. The Hall–Kier alpha value is -8.20. The molecule has 1 aromatic heterocycles. The van der Waals surface area contributed by atoms with Crippen molar-refractivity contribution in [2.24, 2.45) is 0 Å². The zero-order valence-electron chi connectivity index (χ0n) is 34.5. The van der Waals surface area contributed by atoms with Gasteiger partial charge in [-0.3, -0.25) is 0 Å². The summed E-state index contributed by atoms with van der Waals surface area (Å²) >= 11 is 0. The van der Waals surface area contributed by atoms with Crippen LogP contribution >= 0.6 is 0 Å². The maximum Gasteiger partial charge on any atom is 0.0726 e. The van der Waals surface area contributed by atoms with Crippen molar-refractivity contribution in [1.29, 1.82) is 0 Å². The van der Waals surface area contributed by atoms with E-state index in [4.69, 9.17) is 0 Å². The molecule has 2 aliphatic rings. The molecule has 0 saturated heterocycles. The normalized spacial score (nSPS) is 12.9. The first-order valence-corrected chi connectivity index (χ1v) is 21.8. The van der Waals surface area contributed by atoms with E-state index in [0.717, 1.165) is 22.7 Å². The molecule has 0 bridgehead atoms. The number of nitrogens with zero attached hydrogens (tertiary/aromatic N) is 2. The summed E-state index contributed by atoms with van der Waals surface area (Å²) in [5.41, 5.74) is 21.8. The van der Waals surface area contributed by atoms with Gasteiger partial charge in [0.2, 0.25) is 0 Å². The van der Waals surface area contributed by atoms with Gasteiger partial charge in [-0.2, -0.15) is 0 Å². The molecule has 0 aliphatic heterocycles. The summed E-state index contributed by atoms with van der Waals surface area (Å²) < 4.78 is 2.38. The second-order valence-corrected chi connectivity index (χ2v) is 16.8. The van der Waals surface area contributed by atoms with Crippen molar-refractivity contribution in [2.75, 3.05) is 4.90 Å². The Morgan fingerprint density at radius 3 is 1.59 bits per heavy atom. The minimum atomic E-state index is -0.436. The average Bonchev–Trinajstić information content (AvgIpc) is 3.97. The monoisotopic (exact) mass is 800 g/mol. The van der Waals surface area contributed by atoms with Gasteiger partial charge in [0.25, 0.3) is 0 Å². The summed E-state index contributed by atoms with van der Waals surface area (Å²) in [4.78, 5) is 2.49. The van der Waals surface area contributed by atoms with Gasteiger partial charge in [0.15, 0.2) is 0 Å². The average molecular weight is 801 g/mol. The molecule has 1 spiro atoms. The SMILES string of the molecule is c1ccc(-c2ccc(N(c3cccc(-c4ccc5c(c4)c4ccccc4n5-c4ccccc4)c3)c3cccc4c3-c3ccccc3C43c4ccccc4-c4ccccc43)cc2)cc1. The molecule has 0 amide bonds. The lowest BCUT2D eigenvalue weighted by Crippen LogP contribution is -2.26. The van der Waals surface area contributed by atoms with Crippen LogP contribution in [0.15, 0.2) is 243 Å². The standard InChI is InChI=1S/C61H40N2/c1-3-17-41(18-4-1)42-33-36-46(37-34-42)62(47-22-15-19-43(39-47)44-35-38-58-52(40-44)50-25-10-14-31-57(50)63(58)45-20-5-2-6-21-45)59-32-16-30-56-60(59)51-26-9-13-29-55(51)61(56)53-27-11-7-23-48(53)49-24-8-12-28-54(49)61/h1-40H. The lowest BCUT2D eigenvalue weighted by atomic mass is 9.70. The second-order valence-electron chi connectivity index (χ2n) is 16.8. The smallest absolute Gasteiger partial charge is 0.0726 e. The molecular formula is C61H40N2. The summed E-state index contributed by atoms with van der Waals surface area (Å²) in [7, 11) is 0. The van der Waals surface area contributed by atoms with Crippen molar-refractivity contribution in [3.8, 4) is 50.2 Å². The van der Waals surface area contributed by atoms with Crippen LogP contribution in [-0.2, 0) is 5.41 Å². The molecule has 294 valence electrons. The zero-order valence-corrected chi connectivity index (χ0v) is 34.5. The van der Waals surface area contributed by atoms with Gasteiger partial charge in [-0.05, 0) is 122 Å². The van der Waals surface area contributed by atoms with Gasteiger partial charge in [0.05, 0.1) is 22.1 Å². The molecule has 0 N–H and O–H groups in total. The fourth-order valence-corrected chi connectivity index (χ4v) is 11.0. The molecule has 11 aromatic rings. The number of fused-ring (bicyclic) bond motifs is 13. The topological polar surface area (TPSA) is 8.17 Å². The van der Waals surface area contributed by atoms with E-state index in [1.165, 1.54) is 88.6 Å². The van der Waals surface area contributed by atoms with Crippen molar-refractivity contribution in [1.82, 2.24) is 4.57 Å². The van der Waals surface area contributed by atoms with Gasteiger partial charge in [0, 0.05) is 33.4 Å². The Morgan fingerprint density at radius 1 is 0.317 bits per heavy atom. The molecule has 0 saturated carbocycles. The summed E-state index contributed by atoms with van der Waals surface area (Å²) in [6, 6.07) is 89.5. The Labute approximate surface area is 367 Å². The van der Waals surface area contributed by atoms with E-state index in [1.54, 1.807) is 0 Å². The van der Waals surface area contributed by atoms with Crippen LogP contribution in [0.5, 0.6) is 0 Å². The van der Waals surface area contributed by atoms with Crippen LogP contribution in [0.25, 0.3) is 72.0 Å². The molecule has 13 rings (SSSR count). The van der Waals surface area contributed by atoms with E-state index >= 15 is 0 Å². The predicted octanol–water partition coefficient (Wildman–Crippen LogP) is 15.9. The van der Waals surface area contributed by atoms with Gasteiger partial charge in [-0.15, -0.1) is 0 Å². The van der Waals surface area contributed by atoms with E-state index in [2.05, 4.69) is 252 Å². The van der Waals surface area contributed by atoms with Crippen LogP contribution in [-0.4, -0.2) is 4.57 Å². The van der Waals surface area contributed by atoms with Gasteiger partial charge >= 0.3 is 0 Å². The summed E-state index contributed by atoms with van der Waals surface area (Å²) in [5.74, 6) is 0. The number of para-hydroxylation sites is 2. The number of hydrogen-bond donors (Lipinski definition) is 0. The minimum Gasteiger partial charge on any atom is -0.310 e. The summed E-state index contributed by atoms with van der Waals surface area (Å²) in [5, 5.41) is 2.49. The molecule has 10 aromatic carbocycles. The summed E-state index contributed by atoms with van der Waals surface area (Å²) in [6.07, 6.45) is 0. The van der Waals surface area contributed by atoms with Crippen molar-refractivity contribution >= 4 is 38.9 Å². The third-order valence-corrected chi connectivity index (χ3v) is 13.6. The third-order valence-electron chi connectivity index (χ3n) is 13.6. The highest BCUT2D eigenvalue weighted by Crippen LogP contribution is 2.64. The Kier molecular flexibility index (Phi) is 7.85. The molecule has 0 fully saturated rings. The van der Waals surface area contributed by atoms with E-state index in [1.807, 2.05) is 0 Å². The zero-order chi connectivity index (χ0) is 41.5. The minimum absolute atomic E-state index is 0.436. The molecular weight excluding hydrogens is 761 g/mol. The first-order chi connectivity index (χ1) is 31.3. The highest BCUT2D eigenvalue weighted by molar-refractivity contribution is 6.10. The molecule has 0 atom stereocenters. The van der Waals surface area contributed by atoms with E-state index < -0.39 is 5.41 Å². The maximum absolute atomic E-state index is 2.49. The number of benzene rings is 10. The predicted molar refractivity (Wildman–Crippen MR) is 263 cm³/mol. The van der Waals surface area contributed by atoms with Gasteiger partial charge in [0.1, 0.15) is 0 Å². The van der Waals surface area contributed by atoms with Crippen LogP contribution < -0.4 is 4.90 Å². The Morgan fingerprint density at radius 2 is 0.841 bits per heavy atom. The van der Waals surface area contributed by atoms with Crippen LogP contribution in [0.2, 0.25) is 0 Å². The van der Waals surface area contributed by atoms with Crippen LogP contribution in [0.1, 0.15) is 22.3 Å². The van der Waals surface area contributed by atoms with Crippen molar-refractivity contribution in [3.05, 3.63) is 265 Å². The Bertz CT molecular complexity index is 3520. The van der Waals surface area contributed by atoms with Crippen molar-refractivity contribution in [2.45, 2.75) is 5.41 Å². The van der Waals surface area contributed by atoms with Gasteiger partial charge in [-0.1, -0.05) is 182 Å². The molecule has 2 heteroatoms. The van der Waals surface area contributed by atoms with Gasteiger partial charge < -0.3 is 9.47 Å². The number of hydrogen-bond acceptors (Lipinski definition) is 1. The first-order valence-electron chi connectivity index (χ1n) is 21.8. The van der Waals surface area contributed by atoms with Crippen molar-refractivity contribution in [3.63, 3.8) is 0 Å².